The van der Waals surface area contributed by atoms with Crippen LogP contribution in [0.2, 0.25) is 0 Å². The van der Waals surface area contributed by atoms with Crippen LogP contribution in [-0.2, 0) is 16.1 Å². The van der Waals surface area contributed by atoms with E-state index in [0.717, 1.165) is 0 Å². The first-order valence-electron chi connectivity index (χ1n) is 7.63. The van der Waals surface area contributed by atoms with Gasteiger partial charge in [0, 0.05) is 24.4 Å². The second kappa shape index (κ2) is 6.46. The fourth-order valence-corrected chi connectivity index (χ4v) is 2.54. The van der Waals surface area contributed by atoms with Crippen LogP contribution in [0, 0.1) is 18.3 Å². The number of piperidine rings is 1. The van der Waals surface area contributed by atoms with Gasteiger partial charge < -0.3 is 14.7 Å². The molecule has 2 amide bonds. The second-order valence-corrected chi connectivity index (χ2v) is 6.77. The zero-order valence-electron chi connectivity index (χ0n) is 13.7. The molecule has 7 nitrogen and oxygen atoms in total. The van der Waals surface area contributed by atoms with Crippen LogP contribution in [0.3, 0.4) is 0 Å². The summed E-state index contributed by atoms with van der Waals surface area (Å²) in [6.45, 7) is 9.00. The van der Waals surface area contributed by atoms with Gasteiger partial charge in [-0.1, -0.05) is 25.9 Å². The van der Waals surface area contributed by atoms with Crippen LogP contribution in [0.15, 0.2) is 4.52 Å². The van der Waals surface area contributed by atoms with E-state index < -0.39 is 0 Å². The minimum absolute atomic E-state index is 0.0151. The van der Waals surface area contributed by atoms with Crippen molar-refractivity contribution in [1.82, 2.24) is 20.4 Å². The maximum atomic E-state index is 12.2. The Morgan fingerprint density at radius 3 is 2.45 bits per heavy atom. The van der Waals surface area contributed by atoms with Crippen LogP contribution in [-0.4, -0.2) is 39.9 Å². The van der Waals surface area contributed by atoms with Crippen LogP contribution >= 0.6 is 0 Å². The third-order valence-corrected chi connectivity index (χ3v) is 3.78. The normalized spacial score (nSPS) is 16.6. The molecule has 0 spiro atoms. The minimum atomic E-state index is -0.370. The van der Waals surface area contributed by atoms with Crippen molar-refractivity contribution in [3.05, 3.63) is 11.7 Å². The van der Waals surface area contributed by atoms with E-state index in [0.29, 0.717) is 37.6 Å². The highest BCUT2D eigenvalue weighted by Gasteiger charge is 2.32. The number of carbonyl (C=O) groups excluding carboxylic acids is 2. The largest absolute Gasteiger partial charge is 0.347 e. The van der Waals surface area contributed by atoms with Crippen molar-refractivity contribution in [1.29, 1.82) is 0 Å². The van der Waals surface area contributed by atoms with Crippen molar-refractivity contribution < 1.29 is 14.1 Å². The summed E-state index contributed by atoms with van der Waals surface area (Å²) in [4.78, 5) is 30.3. The molecule has 1 aromatic rings. The number of rotatable bonds is 3. The van der Waals surface area contributed by atoms with E-state index in [2.05, 4.69) is 15.5 Å². The van der Waals surface area contributed by atoms with E-state index in [1.54, 1.807) is 6.92 Å². The van der Waals surface area contributed by atoms with Crippen molar-refractivity contribution in [3.8, 4) is 0 Å². The molecule has 0 bridgehead atoms. The molecule has 1 aliphatic heterocycles. The molecule has 0 saturated carbocycles. The fraction of sp³-hybridized carbons (Fsp3) is 0.733. The monoisotopic (exact) mass is 308 g/mol. The molecule has 0 radical (unpaired) electrons. The van der Waals surface area contributed by atoms with Crippen molar-refractivity contribution >= 4 is 11.8 Å². The van der Waals surface area contributed by atoms with Gasteiger partial charge in [0.15, 0.2) is 5.82 Å². The van der Waals surface area contributed by atoms with Crippen LogP contribution in [0.25, 0.3) is 0 Å². The predicted octanol–water partition coefficient (Wildman–Crippen LogP) is 1.28. The molecular weight excluding hydrogens is 284 g/mol. The molecular formula is C15H24N4O3. The number of nitrogens with zero attached hydrogens (tertiary/aromatic N) is 3. The summed E-state index contributed by atoms with van der Waals surface area (Å²) in [7, 11) is 0. The smallest absolute Gasteiger partial charge is 0.246 e. The highest BCUT2D eigenvalue weighted by atomic mass is 16.5. The third kappa shape index (κ3) is 4.05. The summed E-state index contributed by atoms with van der Waals surface area (Å²) in [5, 5.41) is 6.50. The van der Waals surface area contributed by atoms with E-state index in [1.165, 1.54) is 0 Å². The van der Waals surface area contributed by atoms with Gasteiger partial charge in [0.25, 0.3) is 0 Å². The van der Waals surface area contributed by atoms with Gasteiger partial charge in [-0.25, -0.2) is 0 Å². The molecule has 1 saturated heterocycles. The molecule has 122 valence electrons. The maximum Gasteiger partial charge on any atom is 0.246 e. The molecule has 2 rings (SSSR count). The van der Waals surface area contributed by atoms with Crippen LogP contribution in [0.4, 0.5) is 0 Å². The first-order valence-corrected chi connectivity index (χ1v) is 7.63. The number of nitrogens with one attached hydrogen (secondary N) is 1. The highest BCUT2D eigenvalue weighted by molar-refractivity contribution is 5.82. The van der Waals surface area contributed by atoms with Crippen LogP contribution in [0.1, 0.15) is 45.3 Å². The SMILES string of the molecule is Cc1noc(CNC(=O)C2CCN(C(=O)C(C)(C)C)CC2)n1. The molecule has 0 aromatic carbocycles. The lowest BCUT2D eigenvalue weighted by atomic mass is 9.91. The topological polar surface area (TPSA) is 88.3 Å². The lowest BCUT2D eigenvalue weighted by Gasteiger charge is -2.35. The Labute approximate surface area is 130 Å². The molecule has 7 heteroatoms. The van der Waals surface area contributed by atoms with E-state index in [1.807, 2.05) is 25.7 Å². The van der Waals surface area contributed by atoms with E-state index in [9.17, 15) is 9.59 Å². The zero-order valence-corrected chi connectivity index (χ0v) is 13.7. The number of amides is 2. The van der Waals surface area contributed by atoms with Gasteiger partial charge in [0.1, 0.15) is 0 Å². The van der Waals surface area contributed by atoms with Crippen LogP contribution < -0.4 is 5.32 Å². The molecule has 0 atom stereocenters. The van der Waals surface area contributed by atoms with E-state index in [4.69, 9.17) is 4.52 Å². The Bertz CT molecular complexity index is 539. The van der Waals surface area contributed by atoms with E-state index in [-0.39, 0.29) is 29.7 Å². The molecule has 1 aliphatic rings. The fourth-order valence-electron chi connectivity index (χ4n) is 2.54. The summed E-state index contributed by atoms with van der Waals surface area (Å²) in [5.41, 5.74) is -0.370. The van der Waals surface area contributed by atoms with Crippen LogP contribution in [0.5, 0.6) is 0 Å². The molecule has 22 heavy (non-hydrogen) atoms. The summed E-state index contributed by atoms with van der Waals surface area (Å²) in [5.74, 6) is 1.03. The molecule has 2 heterocycles. The number of hydrogen-bond acceptors (Lipinski definition) is 5. The predicted molar refractivity (Wildman–Crippen MR) is 79.6 cm³/mol. The summed E-state index contributed by atoms with van der Waals surface area (Å²) >= 11 is 0. The maximum absolute atomic E-state index is 12.2. The van der Waals surface area contributed by atoms with Crippen molar-refractivity contribution in [2.45, 2.75) is 47.1 Å². The van der Waals surface area contributed by atoms with E-state index >= 15 is 0 Å². The van der Waals surface area contributed by atoms with Gasteiger partial charge >= 0.3 is 0 Å². The van der Waals surface area contributed by atoms with Gasteiger partial charge in [0.2, 0.25) is 17.7 Å². The lowest BCUT2D eigenvalue weighted by molar-refractivity contribution is -0.142. The van der Waals surface area contributed by atoms with Crippen molar-refractivity contribution in [2.75, 3.05) is 13.1 Å². The molecule has 1 fully saturated rings. The average Bonchev–Trinajstić information content (AvgIpc) is 2.89. The number of aromatic nitrogens is 2. The Morgan fingerprint density at radius 2 is 1.95 bits per heavy atom. The van der Waals surface area contributed by atoms with Gasteiger partial charge in [-0.05, 0) is 19.8 Å². The average molecular weight is 308 g/mol. The number of hydrogen-bond donors (Lipinski definition) is 1. The van der Waals surface area contributed by atoms with Crippen molar-refractivity contribution in [3.63, 3.8) is 0 Å². The van der Waals surface area contributed by atoms with Crippen molar-refractivity contribution in [2.24, 2.45) is 11.3 Å². The van der Waals surface area contributed by atoms with Gasteiger partial charge in [-0.3, -0.25) is 9.59 Å². The third-order valence-electron chi connectivity index (χ3n) is 3.78. The Kier molecular flexibility index (Phi) is 4.83. The van der Waals surface area contributed by atoms with Gasteiger partial charge in [-0.15, -0.1) is 0 Å². The minimum Gasteiger partial charge on any atom is -0.347 e. The number of aryl methyl sites for hydroxylation is 1. The molecule has 1 aromatic heterocycles. The zero-order chi connectivity index (χ0) is 16.3. The quantitative estimate of drug-likeness (QED) is 0.908. The second-order valence-electron chi connectivity index (χ2n) is 6.77. The first kappa shape index (κ1) is 16.5. The van der Waals surface area contributed by atoms with Gasteiger partial charge in [0.05, 0.1) is 6.54 Å². The Balaban J connectivity index is 1.79. The lowest BCUT2D eigenvalue weighted by Crippen LogP contribution is -2.46. The number of likely N-dealkylation sites (tertiary alicyclic amines) is 1. The summed E-state index contributed by atoms with van der Waals surface area (Å²) in [6.07, 6.45) is 1.38. The Morgan fingerprint density at radius 1 is 1.32 bits per heavy atom. The molecule has 1 N–H and O–H groups in total. The summed E-state index contributed by atoms with van der Waals surface area (Å²) < 4.78 is 4.96. The highest BCUT2D eigenvalue weighted by Crippen LogP contribution is 2.23. The first-order chi connectivity index (χ1) is 10.3. The molecule has 0 aliphatic carbocycles. The molecule has 0 unspecified atom stereocenters. The standard InChI is InChI=1S/C15H24N4O3/c1-10-17-12(22-18-10)9-16-13(20)11-5-7-19(8-6-11)14(21)15(2,3)4/h11H,5-9H2,1-4H3,(H,16,20). The Hall–Kier alpha value is -1.92. The number of carbonyl (C=O) groups is 2. The summed E-state index contributed by atoms with van der Waals surface area (Å²) in [6, 6.07) is 0. The van der Waals surface area contributed by atoms with Gasteiger partial charge in [-0.2, -0.15) is 4.98 Å².